The maximum absolute atomic E-state index is 12.7. The highest BCUT2D eigenvalue weighted by atomic mass is 16.7. The summed E-state index contributed by atoms with van der Waals surface area (Å²) in [4.78, 5) is 12.7. The van der Waals surface area contributed by atoms with E-state index in [-0.39, 0.29) is 23.7 Å². The fourth-order valence-electron chi connectivity index (χ4n) is 7.07. The fraction of sp³-hybridized carbons (Fsp3) is 0.783. The van der Waals surface area contributed by atoms with E-state index in [1.807, 2.05) is 0 Å². The molecule has 5 aliphatic rings. The maximum atomic E-state index is 12.7. The standard InChI is InChI=1S/C23H32O4/c1-22-9-7-17-16-8-10-23(26-11-12-27-23)13-15(16)3-4-18(17)19(22)5-6-20(22)21(24)14-25-2/h7,18-20H,3-6,8-14H2,1-2H3. The molecule has 4 unspecified atom stereocenters. The van der Waals surface area contributed by atoms with Gasteiger partial charge in [-0.3, -0.25) is 4.79 Å². The number of methoxy groups -OCH3 is 1. The molecule has 0 aromatic carbocycles. The molecule has 1 saturated carbocycles. The molecule has 0 N–H and O–H groups in total. The lowest BCUT2D eigenvalue weighted by Gasteiger charge is -2.48. The Morgan fingerprint density at radius 1 is 1.22 bits per heavy atom. The zero-order valence-corrected chi connectivity index (χ0v) is 16.7. The predicted molar refractivity (Wildman–Crippen MR) is 102 cm³/mol. The number of rotatable bonds is 3. The highest BCUT2D eigenvalue weighted by molar-refractivity contribution is 5.83. The largest absolute Gasteiger partial charge is 0.377 e. The molecule has 0 amide bonds. The Morgan fingerprint density at radius 2 is 2.04 bits per heavy atom. The van der Waals surface area contributed by atoms with Gasteiger partial charge in [0.1, 0.15) is 6.61 Å². The molecule has 0 radical (unpaired) electrons. The van der Waals surface area contributed by atoms with Crippen molar-refractivity contribution >= 4 is 5.78 Å². The monoisotopic (exact) mass is 372 g/mol. The number of ether oxygens (including phenoxy) is 3. The van der Waals surface area contributed by atoms with Crippen molar-refractivity contribution in [3.8, 4) is 0 Å². The van der Waals surface area contributed by atoms with Crippen molar-refractivity contribution in [2.24, 2.45) is 23.2 Å². The van der Waals surface area contributed by atoms with Crippen LogP contribution in [0, 0.1) is 23.2 Å². The van der Waals surface area contributed by atoms with E-state index < -0.39 is 0 Å². The second-order valence-corrected chi connectivity index (χ2v) is 9.52. The van der Waals surface area contributed by atoms with Crippen LogP contribution in [0.1, 0.15) is 58.3 Å². The molecule has 1 aliphatic heterocycles. The third-order valence-electron chi connectivity index (χ3n) is 8.32. The van der Waals surface area contributed by atoms with E-state index in [0.717, 1.165) is 45.3 Å². The molecule has 1 saturated heterocycles. The first kappa shape index (κ1) is 18.1. The molecule has 4 nitrogen and oxygen atoms in total. The molecular weight excluding hydrogens is 340 g/mol. The molecule has 1 spiro atoms. The first-order valence-electron chi connectivity index (χ1n) is 10.8. The number of ketones is 1. The van der Waals surface area contributed by atoms with E-state index in [0.29, 0.717) is 17.6 Å². The number of Topliss-reactive ketones (excluding diaryl/α,β-unsaturated/α-hetero) is 1. The van der Waals surface area contributed by atoms with Crippen molar-refractivity contribution in [1.29, 1.82) is 0 Å². The van der Waals surface area contributed by atoms with Gasteiger partial charge >= 0.3 is 0 Å². The van der Waals surface area contributed by atoms with Gasteiger partial charge in [-0.2, -0.15) is 0 Å². The van der Waals surface area contributed by atoms with Crippen LogP contribution in [0.25, 0.3) is 0 Å². The molecule has 27 heavy (non-hydrogen) atoms. The van der Waals surface area contributed by atoms with Crippen LogP contribution < -0.4 is 0 Å². The van der Waals surface area contributed by atoms with Crippen molar-refractivity contribution in [3.05, 3.63) is 22.8 Å². The number of fused-ring (bicyclic) bond motifs is 4. The lowest BCUT2D eigenvalue weighted by atomic mass is 9.57. The molecule has 4 atom stereocenters. The molecule has 0 aromatic heterocycles. The molecule has 0 bridgehead atoms. The van der Waals surface area contributed by atoms with Gasteiger partial charge in [-0.1, -0.05) is 18.6 Å². The SMILES string of the molecule is COCC(=O)C1CCC2C3CCC4=C(CCC5(C4)OCCO5)C3=CCC12C. The minimum Gasteiger partial charge on any atom is -0.377 e. The van der Waals surface area contributed by atoms with Crippen molar-refractivity contribution in [2.45, 2.75) is 64.1 Å². The molecule has 4 aliphatic carbocycles. The molecule has 0 aromatic rings. The summed E-state index contributed by atoms with van der Waals surface area (Å²) in [6.07, 6.45) is 11.2. The number of hydrogen-bond acceptors (Lipinski definition) is 4. The minimum absolute atomic E-state index is 0.120. The third-order valence-corrected chi connectivity index (χ3v) is 8.32. The van der Waals surface area contributed by atoms with Gasteiger partial charge in [0.15, 0.2) is 11.6 Å². The summed E-state index contributed by atoms with van der Waals surface area (Å²) in [6.45, 7) is 4.12. The van der Waals surface area contributed by atoms with Crippen LogP contribution in [0.4, 0.5) is 0 Å². The smallest absolute Gasteiger partial charge is 0.172 e. The Labute approximate surface area is 162 Å². The maximum Gasteiger partial charge on any atom is 0.172 e. The molecule has 5 rings (SSSR count). The predicted octanol–water partition coefficient (Wildman–Crippen LogP) is 4.20. The Kier molecular flexibility index (Phi) is 4.38. The van der Waals surface area contributed by atoms with Crippen LogP contribution in [-0.2, 0) is 19.0 Å². The minimum atomic E-state index is -0.319. The Hall–Kier alpha value is -0.970. The van der Waals surface area contributed by atoms with E-state index in [2.05, 4.69) is 13.0 Å². The number of allylic oxidation sites excluding steroid dienone is 3. The van der Waals surface area contributed by atoms with Crippen LogP contribution >= 0.6 is 0 Å². The van der Waals surface area contributed by atoms with E-state index in [1.165, 1.54) is 19.3 Å². The summed E-state index contributed by atoms with van der Waals surface area (Å²) in [5.41, 5.74) is 4.94. The second-order valence-electron chi connectivity index (χ2n) is 9.52. The summed E-state index contributed by atoms with van der Waals surface area (Å²) in [6, 6.07) is 0. The quantitative estimate of drug-likeness (QED) is 0.745. The van der Waals surface area contributed by atoms with Crippen molar-refractivity contribution in [2.75, 3.05) is 26.9 Å². The lowest BCUT2D eigenvalue weighted by Crippen LogP contribution is -2.42. The molecular formula is C23H32O4. The van der Waals surface area contributed by atoms with Gasteiger partial charge < -0.3 is 14.2 Å². The van der Waals surface area contributed by atoms with E-state index in [4.69, 9.17) is 14.2 Å². The topological polar surface area (TPSA) is 44.8 Å². The van der Waals surface area contributed by atoms with Crippen molar-refractivity contribution < 1.29 is 19.0 Å². The number of carbonyl (C=O) groups excluding carboxylic acids is 1. The summed E-state index contributed by atoms with van der Waals surface area (Å²) in [7, 11) is 1.63. The number of carbonyl (C=O) groups is 1. The zero-order chi connectivity index (χ0) is 18.6. The summed E-state index contributed by atoms with van der Waals surface area (Å²) in [5.74, 6) is 1.45. The van der Waals surface area contributed by atoms with Gasteiger partial charge in [-0.15, -0.1) is 0 Å². The van der Waals surface area contributed by atoms with Crippen LogP contribution in [0.2, 0.25) is 0 Å². The average molecular weight is 373 g/mol. The highest BCUT2D eigenvalue weighted by Gasteiger charge is 2.55. The van der Waals surface area contributed by atoms with E-state index in [1.54, 1.807) is 23.8 Å². The number of hydrogen-bond donors (Lipinski definition) is 0. The Bertz CT molecular complexity index is 699. The summed E-state index contributed by atoms with van der Waals surface area (Å²) >= 11 is 0. The van der Waals surface area contributed by atoms with Gasteiger partial charge in [-0.05, 0) is 66.9 Å². The lowest BCUT2D eigenvalue weighted by molar-refractivity contribution is -0.164. The first-order valence-corrected chi connectivity index (χ1v) is 10.8. The van der Waals surface area contributed by atoms with Crippen LogP contribution in [0.5, 0.6) is 0 Å². The normalized spacial score (nSPS) is 39.8. The van der Waals surface area contributed by atoms with Crippen LogP contribution in [-0.4, -0.2) is 38.5 Å². The molecule has 2 fully saturated rings. The average Bonchev–Trinajstić information content (AvgIpc) is 3.25. The Balaban J connectivity index is 1.42. The molecule has 4 heteroatoms. The second kappa shape index (κ2) is 6.53. The van der Waals surface area contributed by atoms with Crippen LogP contribution in [0.3, 0.4) is 0 Å². The fourth-order valence-corrected chi connectivity index (χ4v) is 7.07. The van der Waals surface area contributed by atoms with Crippen LogP contribution in [0.15, 0.2) is 22.8 Å². The third kappa shape index (κ3) is 2.71. The van der Waals surface area contributed by atoms with Crippen molar-refractivity contribution in [3.63, 3.8) is 0 Å². The first-order chi connectivity index (χ1) is 13.1. The molecule has 148 valence electrons. The summed E-state index contributed by atoms with van der Waals surface area (Å²) < 4.78 is 17.1. The summed E-state index contributed by atoms with van der Waals surface area (Å²) in [5, 5.41) is 0. The van der Waals surface area contributed by atoms with E-state index >= 15 is 0 Å². The highest BCUT2D eigenvalue weighted by Crippen LogP contribution is 2.61. The molecule has 1 heterocycles. The van der Waals surface area contributed by atoms with Gasteiger partial charge in [0.25, 0.3) is 0 Å². The zero-order valence-electron chi connectivity index (χ0n) is 16.7. The van der Waals surface area contributed by atoms with Gasteiger partial charge in [-0.25, -0.2) is 0 Å². The van der Waals surface area contributed by atoms with Gasteiger partial charge in [0.05, 0.1) is 13.2 Å². The van der Waals surface area contributed by atoms with Crippen molar-refractivity contribution in [1.82, 2.24) is 0 Å². The van der Waals surface area contributed by atoms with Gasteiger partial charge in [0, 0.05) is 25.9 Å². The Morgan fingerprint density at radius 3 is 2.81 bits per heavy atom. The van der Waals surface area contributed by atoms with E-state index in [9.17, 15) is 4.79 Å². The van der Waals surface area contributed by atoms with Gasteiger partial charge in [0.2, 0.25) is 0 Å².